The van der Waals surface area contributed by atoms with Gasteiger partial charge in [-0.2, -0.15) is 0 Å². The third kappa shape index (κ3) is 2.22. The van der Waals surface area contributed by atoms with Crippen molar-refractivity contribution in [1.29, 1.82) is 0 Å². The van der Waals surface area contributed by atoms with E-state index in [1.165, 1.54) is 6.92 Å². The predicted octanol–water partition coefficient (Wildman–Crippen LogP) is 3.40. The van der Waals surface area contributed by atoms with Crippen LogP contribution in [0.25, 0.3) is 0 Å². The molecule has 0 radical (unpaired) electrons. The Balaban J connectivity index is 3.19. The van der Waals surface area contributed by atoms with Crippen LogP contribution in [0.4, 0.5) is 0 Å². The molecule has 0 amide bonds. The zero-order valence-electron chi connectivity index (χ0n) is 7.88. The summed E-state index contributed by atoms with van der Waals surface area (Å²) in [5.41, 5.74) is 0.452. The Morgan fingerprint density at radius 3 is 2.07 bits per heavy atom. The highest BCUT2D eigenvalue weighted by atomic mass is 35.5. The summed E-state index contributed by atoms with van der Waals surface area (Å²) in [6.07, 6.45) is 0. The molecule has 1 atom stereocenters. The molecule has 1 N–H and O–H groups in total. The van der Waals surface area contributed by atoms with Gasteiger partial charge in [-0.15, -0.1) is 11.6 Å². The summed E-state index contributed by atoms with van der Waals surface area (Å²) >= 11 is 17.8. The Bertz CT molecular complexity index is 360. The number of rotatable bonds is 3. The average molecular weight is 268 g/mol. The Labute approximate surface area is 103 Å². The third-order valence-electron chi connectivity index (χ3n) is 2.13. The molecule has 2 nitrogen and oxygen atoms in total. The maximum absolute atomic E-state index is 10.9. The molecule has 0 saturated heterocycles. The number of aliphatic carboxylic acids is 1. The van der Waals surface area contributed by atoms with Crippen molar-refractivity contribution in [1.82, 2.24) is 0 Å². The van der Waals surface area contributed by atoms with Crippen LogP contribution in [0.5, 0.6) is 0 Å². The summed E-state index contributed by atoms with van der Waals surface area (Å²) in [6.45, 7) is 1.27. The lowest BCUT2D eigenvalue weighted by atomic mass is 9.99. The van der Waals surface area contributed by atoms with Gasteiger partial charge < -0.3 is 5.11 Å². The molecule has 0 spiro atoms. The standard InChI is InChI=1S/C10H9Cl3O2/c1-9(11,8(14)15)10(12,13)7-5-3-2-4-6-7/h2-6H,1H3,(H,14,15). The molecule has 1 aromatic carbocycles. The van der Waals surface area contributed by atoms with Gasteiger partial charge in [0.15, 0.2) is 9.21 Å². The Hall–Kier alpha value is -0.440. The van der Waals surface area contributed by atoms with E-state index in [1.807, 2.05) is 0 Å². The van der Waals surface area contributed by atoms with Gasteiger partial charge in [0.05, 0.1) is 0 Å². The second kappa shape index (κ2) is 4.20. The summed E-state index contributed by atoms with van der Waals surface area (Å²) in [5, 5.41) is 8.94. The van der Waals surface area contributed by atoms with Crippen molar-refractivity contribution in [2.24, 2.45) is 0 Å². The fourth-order valence-electron chi connectivity index (χ4n) is 1.05. The van der Waals surface area contributed by atoms with Gasteiger partial charge in [0.2, 0.25) is 0 Å². The van der Waals surface area contributed by atoms with E-state index in [-0.39, 0.29) is 0 Å². The van der Waals surface area contributed by atoms with Crippen LogP contribution in [0.3, 0.4) is 0 Å². The highest BCUT2D eigenvalue weighted by Gasteiger charge is 2.51. The number of carboxylic acid groups (broad SMARTS) is 1. The SMILES string of the molecule is CC(Cl)(C(=O)O)C(Cl)(Cl)c1ccccc1. The first-order valence-corrected chi connectivity index (χ1v) is 5.29. The summed E-state index contributed by atoms with van der Waals surface area (Å²) in [6, 6.07) is 8.46. The molecule has 82 valence electrons. The van der Waals surface area contributed by atoms with Crippen LogP contribution < -0.4 is 0 Å². The van der Waals surface area contributed by atoms with Crippen molar-refractivity contribution in [3.05, 3.63) is 35.9 Å². The lowest BCUT2D eigenvalue weighted by Crippen LogP contribution is -2.43. The Kier molecular flexibility index (Phi) is 3.54. The number of halogens is 3. The van der Waals surface area contributed by atoms with E-state index >= 15 is 0 Å². The van der Waals surface area contributed by atoms with E-state index < -0.39 is 15.2 Å². The highest BCUT2D eigenvalue weighted by molar-refractivity contribution is 6.56. The quantitative estimate of drug-likeness (QED) is 0.852. The van der Waals surface area contributed by atoms with Crippen molar-refractivity contribution >= 4 is 40.8 Å². The monoisotopic (exact) mass is 266 g/mol. The zero-order valence-corrected chi connectivity index (χ0v) is 10.1. The van der Waals surface area contributed by atoms with Crippen LogP contribution in [0.15, 0.2) is 30.3 Å². The topological polar surface area (TPSA) is 37.3 Å². The molecule has 15 heavy (non-hydrogen) atoms. The maximum atomic E-state index is 10.9. The lowest BCUT2D eigenvalue weighted by molar-refractivity contribution is -0.140. The van der Waals surface area contributed by atoms with Gasteiger partial charge in [0, 0.05) is 0 Å². The fraction of sp³-hybridized carbons (Fsp3) is 0.300. The molecular weight excluding hydrogens is 258 g/mol. The molecule has 0 fully saturated rings. The summed E-state index contributed by atoms with van der Waals surface area (Å²) in [5.74, 6) is -1.27. The van der Waals surface area contributed by atoms with Gasteiger partial charge in [-0.3, -0.25) is 4.79 Å². The molecule has 1 aromatic rings. The first-order valence-electron chi connectivity index (χ1n) is 4.16. The van der Waals surface area contributed by atoms with Crippen LogP contribution >= 0.6 is 34.8 Å². The van der Waals surface area contributed by atoms with Gasteiger partial charge in [0.1, 0.15) is 0 Å². The fourth-order valence-corrected chi connectivity index (χ4v) is 1.58. The summed E-state index contributed by atoms with van der Waals surface area (Å²) in [4.78, 5) is 9.16. The Morgan fingerprint density at radius 1 is 1.20 bits per heavy atom. The van der Waals surface area contributed by atoms with Crippen molar-refractivity contribution in [2.45, 2.75) is 16.1 Å². The average Bonchev–Trinajstić information content (AvgIpc) is 2.18. The van der Waals surface area contributed by atoms with E-state index in [4.69, 9.17) is 39.9 Å². The smallest absolute Gasteiger partial charge is 0.327 e. The predicted molar refractivity (Wildman–Crippen MR) is 61.7 cm³/mol. The van der Waals surface area contributed by atoms with Crippen LogP contribution in [0, 0.1) is 0 Å². The number of carbonyl (C=O) groups is 1. The van der Waals surface area contributed by atoms with E-state index in [0.29, 0.717) is 5.56 Å². The molecule has 0 aromatic heterocycles. The second-order valence-electron chi connectivity index (χ2n) is 3.25. The summed E-state index contributed by atoms with van der Waals surface area (Å²) in [7, 11) is 0. The largest absolute Gasteiger partial charge is 0.480 e. The van der Waals surface area contributed by atoms with Crippen LogP contribution in [-0.4, -0.2) is 16.0 Å². The molecule has 5 heteroatoms. The molecule has 0 saturated carbocycles. The molecule has 1 rings (SSSR count). The summed E-state index contributed by atoms with van der Waals surface area (Å²) < 4.78 is -1.68. The second-order valence-corrected chi connectivity index (χ2v) is 5.33. The molecule has 0 aliphatic rings. The van der Waals surface area contributed by atoms with Gasteiger partial charge in [0.25, 0.3) is 0 Å². The van der Waals surface area contributed by atoms with E-state index in [1.54, 1.807) is 30.3 Å². The molecule has 0 aliphatic heterocycles. The lowest BCUT2D eigenvalue weighted by Gasteiger charge is -2.31. The third-order valence-corrected chi connectivity index (χ3v) is 3.96. The molecular formula is C10H9Cl3O2. The van der Waals surface area contributed by atoms with E-state index in [9.17, 15) is 4.79 Å². The van der Waals surface area contributed by atoms with Gasteiger partial charge >= 0.3 is 5.97 Å². The van der Waals surface area contributed by atoms with Crippen LogP contribution in [-0.2, 0) is 9.13 Å². The zero-order chi connectivity index (χ0) is 11.7. The van der Waals surface area contributed by atoms with Crippen LogP contribution in [0.1, 0.15) is 12.5 Å². The number of hydrogen-bond donors (Lipinski definition) is 1. The Morgan fingerprint density at radius 2 is 1.67 bits per heavy atom. The van der Waals surface area contributed by atoms with Crippen molar-refractivity contribution in [3.8, 4) is 0 Å². The molecule has 0 bridgehead atoms. The van der Waals surface area contributed by atoms with Crippen molar-refractivity contribution in [2.75, 3.05) is 0 Å². The van der Waals surface area contributed by atoms with Gasteiger partial charge in [-0.1, -0.05) is 53.5 Å². The molecule has 1 unspecified atom stereocenters. The minimum atomic E-state index is -1.78. The van der Waals surface area contributed by atoms with Crippen molar-refractivity contribution < 1.29 is 9.90 Å². The van der Waals surface area contributed by atoms with Gasteiger partial charge in [-0.05, 0) is 12.5 Å². The number of benzene rings is 1. The minimum Gasteiger partial charge on any atom is -0.480 e. The highest BCUT2D eigenvalue weighted by Crippen LogP contribution is 2.47. The molecule has 0 aliphatic carbocycles. The van der Waals surface area contributed by atoms with E-state index in [2.05, 4.69) is 0 Å². The first kappa shape index (κ1) is 12.6. The maximum Gasteiger partial charge on any atom is 0.327 e. The number of carboxylic acids is 1. The minimum absolute atomic E-state index is 0.452. The van der Waals surface area contributed by atoms with Crippen LogP contribution in [0.2, 0.25) is 0 Å². The first-order chi connectivity index (χ1) is 6.80. The number of hydrogen-bond acceptors (Lipinski definition) is 1. The van der Waals surface area contributed by atoms with Gasteiger partial charge in [-0.25, -0.2) is 0 Å². The number of alkyl halides is 3. The normalized spacial score (nSPS) is 15.7. The van der Waals surface area contributed by atoms with Crippen molar-refractivity contribution in [3.63, 3.8) is 0 Å². The molecule has 0 heterocycles. The van der Waals surface area contributed by atoms with E-state index in [0.717, 1.165) is 0 Å².